The summed E-state index contributed by atoms with van der Waals surface area (Å²) in [4.78, 5) is 15.0. The van der Waals surface area contributed by atoms with Gasteiger partial charge in [0.05, 0.1) is 19.1 Å². The number of amides is 1. The molecule has 1 aliphatic rings. The zero-order chi connectivity index (χ0) is 21.6. The van der Waals surface area contributed by atoms with E-state index in [1.54, 1.807) is 24.3 Å². The number of rotatable bonds is 9. The Bertz CT molecular complexity index is 972. The van der Waals surface area contributed by atoms with Crippen LogP contribution in [0.15, 0.2) is 48.5 Å². The third kappa shape index (κ3) is 5.96. The topological polar surface area (TPSA) is 79.0 Å². The highest BCUT2D eigenvalue weighted by atomic mass is 32.2. The molecule has 1 aliphatic heterocycles. The number of nitrogens with one attached hydrogen (secondary N) is 1. The van der Waals surface area contributed by atoms with Gasteiger partial charge in [0.25, 0.3) is 0 Å². The molecule has 0 atom stereocenters. The number of nitrogens with zero attached hydrogens (tertiary/aromatic N) is 2. The molecule has 1 fully saturated rings. The number of methoxy groups -OCH3 is 1. The predicted molar refractivity (Wildman–Crippen MR) is 118 cm³/mol. The van der Waals surface area contributed by atoms with Gasteiger partial charge in [-0.25, -0.2) is 8.42 Å². The summed E-state index contributed by atoms with van der Waals surface area (Å²) in [6, 6.07) is 14.7. The Morgan fingerprint density at radius 2 is 1.80 bits per heavy atom. The second kappa shape index (κ2) is 9.95. The van der Waals surface area contributed by atoms with Gasteiger partial charge in [0, 0.05) is 19.2 Å². The van der Waals surface area contributed by atoms with Gasteiger partial charge >= 0.3 is 0 Å². The van der Waals surface area contributed by atoms with Crippen LogP contribution < -0.4 is 14.4 Å². The summed E-state index contributed by atoms with van der Waals surface area (Å²) >= 11 is 0. The maximum atomic E-state index is 12.6. The fraction of sp³-hybridized carbons (Fsp3) is 0.409. The highest BCUT2D eigenvalue weighted by Crippen LogP contribution is 2.23. The SMILES string of the molecule is COc1cccc(N(CC(=O)NCc2ccccc2CN2CCCC2)S(C)(=O)=O)c1. The van der Waals surface area contributed by atoms with Crippen molar-refractivity contribution in [2.24, 2.45) is 0 Å². The summed E-state index contributed by atoms with van der Waals surface area (Å²) in [5, 5.41) is 2.87. The van der Waals surface area contributed by atoms with Crippen molar-refractivity contribution in [1.29, 1.82) is 0 Å². The molecular weight excluding hydrogens is 402 g/mol. The standard InChI is InChI=1S/C22H29N3O4S/c1-29-21-11-7-10-20(14-21)25(30(2,27)28)17-22(26)23-15-18-8-3-4-9-19(18)16-24-12-5-6-13-24/h3-4,7-11,14H,5-6,12-13,15-17H2,1-2H3,(H,23,26). The first-order chi connectivity index (χ1) is 14.4. The Balaban J connectivity index is 1.66. The molecule has 0 bridgehead atoms. The molecule has 0 aliphatic carbocycles. The van der Waals surface area contributed by atoms with Gasteiger partial charge in [0.1, 0.15) is 12.3 Å². The van der Waals surface area contributed by atoms with Crippen LogP contribution in [0.3, 0.4) is 0 Å². The maximum Gasteiger partial charge on any atom is 0.241 e. The van der Waals surface area contributed by atoms with Crippen molar-refractivity contribution < 1.29 is 17.9 Å². The van der Waals surface area contributed by atoms with E-state index in [9.17, 15) is 13.2 Å². The van der Waals surface area contributed by atoms with Crippen molar-refractivity contribution in [3.63, 3.8) is 0 Å². The lowest BCUT2D eigenvalue weighted by molar-refractivity contribution is -0.119. The second-order valence-electron chi connectivity index (χ2n) is 7.50. The lowest BCUT2D eigenvalue weighted by Crippen LogP contribution is -2.40. The molecule has 0 unspecified atom stereocenters. The van der Waals surface area contributed by atoms with Gasteiger partial charge in [-0.05, 0) is 49.2 Å². The Hall–Kier alpha value is -2.58. The van der Waals surface area contributed by atoms with Crippen molar-refractivity contribution in [2.45, 2.75) is 25.9 Å². The van der Waals surface area contributed by atoms with Crippen molar-refractivity contribution in [3.05, 3.63) is 59.7 Å². The number of carbonyl (C=O) groups is 1. The number of anilines is 1. The molecule has 1 saturated heterocycles. The molecule has 7 nitrogen and oxygen atoms in total. The van der Waals surface area contributed by atoms with E-state index in [1.165, 1.54) is 25.5 Å². The lowest BCUT2D eigenvalue weighted by atomic mass is 10.1. The quantitative estimate of drug-likeness (QED) is 0.660. The highest BCUT2D eigenvalue weighted by Gasteiger charge is 2.21. The van der Waals surface area contributed by atoms with E-state index in [2.05, 4.69) is 16.3 Å². The number of likely N-dealkylation sites (tertiary alicyclic amines) is 1. The zero-order valence-electron chi connectivity index (χ0n) is 17.5. The number of ether oxygens (including phenoxy) is 1. The molecule has 2 aromatic carbocycles. The van der Waals surface area contributed by atoms with E-state index in [1.807, 2.05) is 18.2 Å². The molecule has 1 amide bonds. The van der Waals surface area contributed by atoms with Crippen LogP contribution in [-0.2, 0) is 27.9 Å². The zero-order valence-corrected chi connectivity index (χ0v) is 18.3. The monoisotopic (exact) mass is 431 g/mol. The Morgan fingerprint density at radius 3 is 2.47 bits per heavy atom. The number of carbonyl (C=O) groups excluding carboxylic acids is 1. The first-order valence-electron chi connectivity index (χ1n) is 10.0. The first kappa shape index (κ1) is 22.1. The van der Waals surface area contributed by atoms with Crippen LogP contribution in [0.5, 0.6) is 5.75 Å². The largest absolute Gasteiger partial charge is 0.497 e. The molecule has 2 aromatic rings. The first-order valence-corrected chi connectivity index (χ1v) is 11.9. The summed E-state index contributed by atoms with van der Waals surface area (Å²) in [6.07, 6.45) is 3.54. The van der Waals surface area contributed by atoms with Gasteiger partial charge in [-0.1, -0.05) is 30.3 Å². The minimum atomic E-state index is -3.63. The van der Waals surface area contributed by atoms with Gasteiger partial charge in [0.15, 0.2) is 0 Å². The number of hydrogen-bond donors (Lipinski definition) is 1. The van der Waals surface area contributed by atoms with Crippen LogP contribution >= 0.6 is 0 Å². The van der Waals surface area contributed by atoms with E-state index in [0.29, 0.717) is 18.0 Å². The van der Waals surface area contributed by atoms with E-state index in [4.69, 9.17) is 4.74 Å². The third-order valence-corrected chi connectivity index (χ3v) is 6.36. The average Bonchev–Trinajstić information content (AvgIpc) is 3.23. The summed E-state index contributed by atoms with van der Waals surface area (Å²) in [7, 11) is -2.12. The van der Waals surface area contributed by atoms with Crippen LogP contribution in [0.2, 0.25) is 0 Å². The van der Waals surface area contributed by atoms with Gasteiger partial charge in [-0.3, -0.25) is 14.0 Å². The molecule has 162 valence electrons. The Labute approximate surface area is 178 Å². The molecular formula is C22H29N3O4S. The number of benzene rings is 2. The molecule has 0 saturated carbocycles. The number of hydrogen-bond acceptors (Lipinski definition) is 5. The second-order valence-corrected chi connectivity index (χ2v) is 9.41. The van der Waals surface area contributed by atoms with Gasteiger partial charge in [-0.2, -0.15) is 0 Å². The van der Waals surface area contributed by atoms with Crippen molar-refractivity contribution in [1.82, 2.24) is 10.2 Å². The van der Waals surface area contributed by atoms with Gasteiger partial charge < -0.3 is 10.1 Å². The molecule has 1 heterocycles. The van der Waals surface area contributed by atoms with Crippen molar-refractivity contribution in [2.75, 3.05) is 37.3 Å². The third-order valence-electron chi connectivity index (χ3n) is 5.22. The van der Waals surface area contributed by atoms with Crippen LogP contribution in [0, 0.1) is 0 Å². The minimum absolute atomic E-state index is 0.291. The summed E-state index contributed by atoms with van der Waals surface area (Å²) in [5.74, 6) is 0.164. The predicted octanol–water partition coefficient (Wildman–Crippen LogP) is 2.37. The van der Waals surface area contributed by atoms with E-state index in [-0.39, 0.29) is 12.5 Å². The summed E-state index contributed by atoms with van der Waals surface area (Å²) in [6.45, 7) is 3.14. The molecule has 0 spiro atoms. The summed E-state index contributed by atoms with van der Waals surface area (Å²) in [5.41, 5.74) is 2.62. The van der Waals surface area contributed by atoms with Crippen LogP contribution in [-0.4, -0.2) is 52.2 Å². The Kier molecular flexibility index (Phi) is 7.33. The fourth-order valence-electron chi connectivity index (χ4n) is 3.61. The molecule has 30 heavy (non-hydrogen) atoms. The van der Waals surface area contributed by atoms with Crippen molar-refractivity contribution in [3.8, 4) is 5.75 Å². The molecule has 0 radical (unpaired) electrons. The lowest BCUT2D eigenvalue weighted by Gasteiger charge is -2.22. The minimum Gasteiger partial charge on any atom is -0.497 e. The maximum absolute atomic E-state index is 12.6. The molecule has 1 N–H and O–H groups in total. The highest BCUT2D eigenvalue weighted by molar-refractivity contribution is 7.92. The molecule has 0 aromatic heterocycles. The van der Waals surface area contributed by atoms with E-state index >= 15 is 0 Å². The number of sulfonamides is 1. The molecule has 3 rings (SSSR count). The van der Waals surface area contributed by atoms with Crippen LogP contribution in [0.25, 0.3) is 0 Å². The van der Waals surface area contributed by atoms with Crippen molar-refractivity contribution >= 4 is 21.6 Å². The van der Waals surface area contributed by atoms with Gasteiger partial charge in [0.2, 0.25) is 15.9 Å². The van der Waals surface area contributed by atoms with Crippen LogP contribution in [0.4, 0.5) is 5.69 Å². The van der Waals surface area contributed by atoms with Gasteiger partial charge in [-0.15, -0.1) is 0 Å². The average molecular weight is 432 g/mol. The van der Waals surface area contributed by atoms with E-state index < -0.39 is 10.0 Å². The summed E-state index contributed by atoms with van der Waals surface area (Å²) < 4.78 is 30.8. The fourth-order valence-corrected chi connectivity index (χ4v) is 4.46. The normalized spacial score (nSPS) is 14.5. The van der Waals surface area contributed by atoms with E-state index in [0.717, 1.165) is 35.8 Å². The molecule has 8 heteroatoms. The Morgan fingerprint density at radius 1 is 1.10 bits per heavy atom. The smallest absolute Gasteiger partial charge is 0.241 e. The van der Waals surface area contributed by atoms with Crippen LogP contribution in [0.1, 0.15) is 24.0 Å².